The van der Waals surface area contributed by atoms with E-state index in [1.165, 1.54) is 25.1 Å². The number of nitrogens with zero attached hydrogens (tertiary/aromatic N) is 3. The molecule has 2 rings (SSSR count). The molecule has 1 unspecified atom stereocenters. The largest absolute Gasteiger partial charge is 0.373 e. The van der Waals surface area contributed by atoms with Crippen LogP contribution in [0.15, 0.2) is 18.5 Å². The lowest BCUT2D eigenvalue weighted by Gasteiger charge is -2.28. The molecule has 1 aromatic heterocycles. The molecule has 1 atom stereocenters. The van der Waals surface area contributed by atoms with Crippen LogP contribution in [0.4, 0.5) is 5.69 Å². The molecule has 0 aromatic carbocycles. The molecule has 17 heavy (non-hydrogen) atoms. The highest BCUT2D eigenvalue weighted by molar-refractivity contribution is 6.17. The number of halogens is 1. The third-order valence-corrected chi connectivity index (χ3v) is 3.88. The molecule has 0 saturated carbocycles. The van der Waals surface area contributed by atoms with Crippen LogP contribution in [0.3, 0.4) is 0 Å². The van der Waals surface area contributed by atoms with Crippen molar-refractivity contribution >= 4 is 17.3 Å². The number of likely N-dealkylation sites (tertiary alicyclic amines) is 1. The van der Waals surface area contributed by atoms with Crippen LogP contribution in [0.5, 0.6) is 0 Å². The molecule has 94 valence electrons. The number of hydrogen-bond donors (Lipinski definition) is 0. The topological polar surface area (TPSA) is 19.4 Å². The second-order valence-corrected chi connectivity index (χ2v) is 5.06. The van der Waals surface area contributed by atoms with Crippen molar-refractivity contribution in [2.45, 2.75) is 24.8 Å². The Balaban J connectivity index is 2.06. The Morgan fingerprint density at radius 2 is 2.41 bits per heavy atom. The third-order valence-electron chi connectivity index (χ3n) is 3.59. The van der Waals surface area contributed by atoms with E-state index < -0.39 is 0 Å². The van der Waals surface area contributed by atoms with Crippen LogP contribution >= 0.6 is 11.6 Å². The SMILES string of the molecule is CN(CC1CCCN1C)c1ccncc1CCl. The molecule has 1 fully saturated rings. The van der Waals surface area contributed by atoms with Crippen LogP contribution < -0.4 is 4.90 Å². The van der Waals surface area contributed by atoms with Gasteiger partial charge in [0.15, 0.2) is 0 Å². The average Bonchev–Trinajstić information content (AvgIpc) is 2.75. The van der Waals surface area contributed by atoms with Gasteiger partial charge in [0.1, 0.15) is 0 Å². The van der Waals surface area contributed by atoms with Crippen molar-refractivity contribution in [3.63, 3.8) is 0 Å². The van der Waals surface area contributed by atoms with E-state index in [2.05, 4.69) is 28.9 Å². The first kappa shape index (κ1) is 12.7. The fourth-order valence-electron chi connectivity index (χ4n) is 2.52. The zero-order chi connectivity index (χ0) is 12.3. The molecule has 1 aromatic rings. The van der Waals surface area contributed by atoms with Gasteiger partial charge in [-0.05, 0) is 32.5 Å². The summed E-state index contributed by atoms with van der Waals surface area (Å²) < 4.78 is 0. The minimum Gasteiger partial charge on any atom is -0.373 e. The Labute approximate surface area is 108 Å². The molecule has 0 amide bonds. The van der Waals surface area contributed by atoms with Gasteiger partial charge in [0.25, 0.3) is 0 Å². The van der Waals surface area contributed by atoms with E-state index >= 15 is 0 Å². The fraction of sp³-hybridized carbons (Fsp3) is 0.615. The van der Waals surface area contributed by atoms with Crippen LogP contribution in [0, 0.1) is 0 Å². The van der Waals surface area contributed by atoms with E-state index in [-0.39, 0.29) is 0 Å². The van der Waals surface area contributed by atoms with E-state index in [0.717, 1.165) is 12.1 Å². The van der Waals surface area contributed by atoms with Gasteiger partial charge >= 0.3 is 0 Å². The van der Waals surface area contributed by atoms with Gasteiger partial charge in [0.05, 0.1) is 5.88 Å². The highest BCUT2D eigenvalue weighted by Gasteiger charge is 2.22. The average molecular weight is 254 g/mol. The lowest BCUT2D eigenvalue weighted by atomic mass is 10.2. The Morgan fingerprint density at radius 3 is 3.06 bits per heavy atom. The quantitative estimate of drug-likeness (QED) is 0.768. The molecule has 1 aliphatic heterocycles. The highest BCUT2D eigenvalue weighted by atomic mass is 35.5. The van der Waals surface area contributed by atoms with Crippen molar-refractivity contribution in [2.24, 2.45) is 0 Å². The van der Waals surface area contributed by atoms with Gasteiger partial charge in [0.2, 0.25) is 0 Å². The zero-order valence-corrected chi connectivity index (χ0v) is 11.3. The van der Waals surface area contributed by atoms with Crippen LogP contribution in [0.2, 0.25) is 0 Å². The molecule has 0 N–H and O–H groups in total. The molecule has 4 heteroatoms. The summed E-state index contributed by atoms with van der Waals surface area (Å²) in [5, 5.41) is 0. The summed E-state index contributed by atoms with van der Waals surface area (Å²) in [5.41, 5.74) is 2.31. The third kappa shape index (κ3) is 2.90. The van der Waals surface area contributed by atoms with Gasteiger partial charge in [-0.3, -0.25) is 4.98 Å². The maximum atomic E-state index is 5.94. The molecular weight excluding hydrogens is 234 g/mol. The first-order valence-electron chi connectivity index (χ1n) is 6.12. The standard InChI is InChI=1S/C13H20ClN3/c1-16-7-3-4-12(16)10-17(2)13-5-6-15-9-11(13)8-14/h5-6,9,12H,3-4,7-8,10H2,1-2H3. The maximum absolute atomic E-state index is 5.94. The van der Waals surface area contributed by atoms with E-state index in [4.69, 9.17) is 11.6 Å². The Kier molecular flexibility index (Phi) is 4.24. The maximum Gasteiger partial charge on any atom is 0.0509 e. The summed E-state index contributed by atoms with van der Waals surface area (Å²) in [6, 6.07) is 2.71. The molecule has 0 bridgehead atoms. The van der Waals surface area contributed by atoms with E-state index in [1.54, 1.807) is 0 Å². The number of hydrogen-bond acceptors (Lipinski definition) is 3. The Bertz CT molecular complexity index is 369. The van der Waals surface area contributed by atoms with Crippen molar-refractivity contribution in [3.8, 4) is 0 Å². The monoisotopic (exact) mass is 253 g/mol. The summed E-state index contributed by atoms with van der Waals surface area (Å²) in [6.07, 6.45) is 6.30. The number of alkyl halides is 1. The summed E-state index contributed by atoms with van der Waals surface area (Å²) in [5.74, 6) is 0.522. The Morgan fingerprint density at radius 1 is 1.59 bits per heavy atom. The van der Waals surface area contributed by atoms with Crippen LogP contribution in [-0.4, -0.2) is 43.1 Å². The number of aromatic nitrogens is 1. The van der Waals surface area contributed by atoms with E-state index in [9.17, 15) is 0 Å². The minimum absolute atomic E-state index is 0.522. The summed E-state index contributed by atoms with van der Waals surface area (Å²) in [4.78, 5) is 8.86. The number of rotatable bonds is 4. The van der Waals surface area contributed by atoms with Crippen LogP contribution in [0.1, 0.15) is 18.4 Å². The zero-order valence-electron chi connectivity index (χ0n) is 10.6. The molecular formula is C13H20ClN3. The molecule has 1 saturated heterocycles. The second kappa shape index (κ2) is 5.69. The van der Waals surface area contributed by atoms with Crippen molar-refractivity contribution in [2.75, 3.05) is 32.1 Å². The number of pyridine rings is 1. The van der Waals surface area contributed by atoms with Gasteiger partial charge < -0.3 is 9.80 Å². The van der Waals surface area contributed by atoms with Crippen molar-refractivity contribution < 1.29 is 0 Å². The predicted molar refractivity (Wildman–Crippen MR) is 72.7 cm³/mol. The Hall–Kier alpha value is -0.800. The summed E-state index contributed by atoms with van der Waals surface area (Å²) >= 11 is 5.94. The molecule has 1 aliphatic rings. The van der Waals surface area contributed by atoms with Crippen LogP contribution in [0.25, 0.3) is 0 Å². The molecule has 0 spiro atoms. The van der Waals surface area contributed by atoms with Gasteiger partial charge in [0, 0.05) is 43.3 Å². The lowest BCUT2D eigenvalue weighted by molar-refractivity contribution is 0.314. The number of likely N-dealkylation sites (N-methyl/N-ethyl adjacent to an activating group) is 2. The minimum atomic E-state index is 0.522. The van der Waals surface area contributed by atoms with Gasteiger partial charge in [-0.25, -0.2) is 0 Å². The van der Waals surface area contributed by atoms with Gasteiger partial charge in [-0.15, -0.1) is 11.6 Å². The van der Waals surface area contributed by atoms with Crippen LogP contribution in [-0.2, 0) is 5.88 Å². The first-order valence-corrected chi connectivity index (χ1v) is 6.66. The molecule has 0 radical (unpaired) electrons. The smallest absolute Gasteiger partial charge is 0.0509 e. The summed E-state index contributed by atoms with van der Waals surface area (Å²) in [7, 11) is 4.35. The number of anilines is 1. The normalized spacial score (nSPS) is 20.8. The van der Waals surface area contributed by atoms with Crippen molar-refractivity contribution in [3.05, 3.63) is 24.0 Å². The van der Waals surface area contributed by atoms with Crippen molar-refractivity contribution in [1.29, 1.82) is 0 Å². The van der Waals surface area contributed by atoms with Gasteiger partial charge in [-0.1, -0.05) is 0 Å². The lowest BCUT2D eigenvalue weighted by Crippen LogP contribution is -2.36. The van der Waals surface area contributed by atoms with E-state index in [0.29, 0.717) is 11.9 Å². The fourth-order valence-corrected chi connectivity index (χ4v) is 2.73. The molecule has 2 heterocycles. The predicted octanol–water partition coefficient (Wildman–Crippen LogP) is 2.35. The van der Waals surface area contributed by atoms with Gasteiger partial charge in [-0.2, -0.15) is 0 Å². The first-order chi connectivity index (χ1) is 8.22. The van der Waals surface area contributed by atoms with E-state index in [1.807, 2.05) is 18.5 Å². The molecule has 3 nitrogen and oxygen atoms in total. The van der Waals surface area contributed by atoms with Crippen molar-refractivity contribution in [1.82, 2.24) is 9.88 Å². The second-order valence-electron chi connectivity index (χ2n) is 4.80. The summed E-state index contributed by atoms with van der Waals surface area (Å²) in [6.45, 7) is 2.28. The molecule has 0 aliphatic carbocycles. The highest BCUT2D eigenvalue weighted by Crippen LogP contribution is 2.22.